The Hall–Kier alpha value is -3.70. The van der Waals surface area contributed by atoms with E-state index in [1.807, 2.05) is 66.7 Å². The third-order valence-electron chi connectivity index (χ3n) is 5.59. The van der Waals surface area contributed by atoms with Gasteiger partial charge in [0.15, 0.2) is 0 Å². The molecule has 1 N–H and O–H groups in total. The fraction of sp³-hybridized carbons (Fsp3) is 0.185. The molecule has 4 aromatic rings. The smallest absolute Gasteiger partial charge is 0.310 e. The minimum Gasteiger partial charge on any atom is -0.469 e. The molecule has 0 aliphatic heterocycles. The topological polar surface area (TPSA) is 63.8 Å². The molecule has 0 aliphatic rings. The van der Waals surface area contributed by atoms with Gasteiger partial charge >= 0.3 is 5.97 Å². The van der Waals surface area contributed by atoms with Crippen molar-refractivity contribution in [1.29, 1.82) is 0 Å². The number of esters is 1. The molecule has 0 aliphatic carbocycles. The number of aliphatic hydroxyl groups excluding tert-OH is 1. The SMILES string of the molecule is COC(=O)Cc1c(C=N[C@@H](CO)c2ccccc2)n(Cc2ccccc2)c2ccccc12. The number of carbonyl (C=O) groups is 1. The van der Waals surface area contributed by atoms with Crippen LogP contribution < -0.4 is 0 Å². The Morgan fingerprint density at radius 1 is 1.00 bits per heavy atom. The Morgan fingerprint density at radius 3 is 2.34 bits per heavy atom. The van der Waals surface area contributed by atoms with E-state index in [2.05, 4.69) is 22.8 Å². The second kappa shape index (κ2) is 10.1. The Kier molecular flexibility index (Phi) is 6.78. The number of para-hydroxylation sites is 1. The largest absolute Gasteiger partial charge is 0.469 e. The van der Waals surface area contributed by atoms with Crippen LogP contribution in [0.25, 0.3) is 10.9 Å². The second-order valence-corrected chi connectivity index (χ2v) is 7.59. The molecular formula is C27H26N2O3. The van der Waals surface area contributed by atoms with Crippen molar-refractivity contribution in [3.05, 3.63) is 107 Å². The van der Waals surface area contributed by atoms with E-state index in [1.165, 1.54) is 7.11 Å². The summed E-state index contributed by atoms with van der Waals surface area (Å²) >= 11 is 0. The molecule has 0 bridgehead atoms. The summed E-state index contributed by atoms with van der Waals surface area (Å²) in [5, 5.41) is 11.0. The number of fused-ring (bicyclic) bond motifs is 1. The second-order valence-electron chi connectivity index (χ2n) is 7.59. The number of nitrogens with zero attached hydrogens (tertiary/aromatic N) is 2. The standard InChI is InChI=1S/C27H26N2O3/c1-32-27(31)16-23-22-14-8-9-15-25(22)29(18-20-10-4-2-5-11-20)26(23)17-28-24(19-30)21-12-6-3-7-13-21/h2-15,17,24,30H,16,18-19H2,1H3/t24-/m0/s1. The van der Waals surface area contributed by atoms with Crippen LogP contribution in [-0.2, 0) is 22.5 Å². The van der Waals surface area contributed by atoms with Gasteiger partial charge in [-0.25, -0.2) is 0 Å². The molecule has 0 radical (unpaired) electrons. The van der Waals surface area contributed by atoms with Gasteiger partial charge in [-0.2, -0.15) is 0 Å². The van der Waals surface area contributed by atoms with Crippen molar-refractivity contribution in [2.45, 2.75) is 19.0 Å². The number of aliphatic imine (C=N–C) groups is 1. The molecule has 32 heavy (non-hydrogen) atoms. The molecule has 0 spiro atoms. The van der Waals surface area contributed by atoms with Gasteiger partial charge in [-0.1, -0.05) is 78.9 Å². The highest BCUT2D eigenvalue weighted by atomic mass is 16.5. The van der Waals surface area contributed by atoms with Crippen LogP contribution in [0.15, 0.2) is 89.9 Å². The highest BCUT2D eigenvalue weighted by Gasteiger charge is 2.19. The number of aliphatic hydroxyl groups is 1. The number of aromatic nitrogens is 1. The summed E-state index contributed by atoms with van der Waals surface area (Å²) in [5.74, 6) is -0.302. The Balaban J connectivity index is 1.84. The molecule has 5 nitrogen and oxygen atoms in total. The zero-order valence-electron chi connectivity index (χ0n) is 18.0. The van der Waals surface area contributed by atoms with Crippen molar-refractivity contribution in [1.82, 2.24) is 4.57 Å². The van der Waals surface area contributed by atoms with Crippen LogP contribution in [0.4, 0.5) is 0 Å². The van der Waals surface area contributed by atoms with Crippen molar-refractivity contribution >= 4 is 23.1 Å². The summed E-state index contributed by atoms with van der Waals surface area (Å²) in [7, 11) is 1.40. The molecular weight excluding hydrogens is 400 g/mol. The van der Waals surface area contributed by atoms with Gasteiger partial charge < -0.3 is 14.4 Å². The Labute approximate surface area is 187 Å². The maximum atomic E-state index is 12.2. The summed E-state index contributed by atoms with van der Waals surface area (Å²) in [6.45, 7) is 0.533. The van der Waals surface area contributed by atoms with E-state index >= 15 is 0 Å². The summed E-state index contributed by atoms with van der Waals surface area (Å²) < 4.78 is 7.14. The summed E-state index contributed by atoms with van der Waals surface area (Å²) in [4.78, 5) is 17.0. The zero-order chi connectivity index (χ0) is 22.3. The van der Waals surface area contributed by atoms with Crippen LogP contribution in [0, 0.1) is 0 Å². The van der Waals surface area contributed by atoms with Crippen LogP contribution in [0.1, 0.15) is 28.4 Å². The van der Waals surface area contributed by atoms with Crippen molar-refractivity contribution in [2.75, 3.05) is 13.7 Å². The quantitative estimate of drug-likeness (QED) is 0.332. The first-order chi connectivity index (χ1) is 15.7. The minimum atomic E-state index is -0.384. The summed E-state index contributed by atoms with van der Waals surface area (Å²) in [6.07, 6.45) is 1.93. The normalized spacial score (nSPS) is 12.3. The van der Waals surface area contributed by atoms with Gasteiger partial charge in [0.1, 0.15) is 0 Å². The van der Waals surface area contributed by atoms with Gasteiger partial charge in [-0.3, -0.25) is 9.79 Å². The van der Waals surface area contributed by atoms with Gasteiger partial charge in [0.25, 0.3) is 0 Å². The first-order valence-corrected chi connectivity index (χ1v) is 10.6. The van der Waals surface area contributed by atoms with E-state index in [0.29, 0.717) is 6.54 Å². The maximum Gasteiger partial charge on any atom is 0.310 e. The molecule has 4 rings (SSSR count). The third kappa shape index (κ3) is 4.63. The number of rotatable bonds is 8. The minimum absolute atomic E-state index is 0.105. The Morgan fingerprint density at radius 2 is 1.66 bits per heavy atom. The van der Waals surface area contributed by atoms with Crippen LogP contribution >= 0.6 is 0 Å². The first-order valence-electron chi connectivity index (χ1n) is 10.6. The monoisotopic (exact) mass is 426 g/mol. The summed E-state index contributed by atoms with van der Waals surface area (Å²) in [5.41, 5.74) is 4.82. The van der Waals surface area contributed by atoms with Crippen molar-refractivity contribution in [3.8, 4) is 0 Å². The molecule has 3 aromatic carbocycles. The van der Waals surface area contributed by atoms with Crippen molar-refractivity contribution in [2.24, 2.45) is 4.99 Å². The molecule has 162 valence electrons. The van der Waals surface area contributed by atoms with Gasteiger partial charge in [0, 0.05) is 23.7 Å². The van der Waals surface area contributed by atoms with Gasteiger partial charge in [0.2, 0.25) is 0 Å². The molecule has 5 heteroatoms. The number of methoxy groups -OCH3 is 1. The molecule has 0 amide bonds. The van der Waals surface area contributed by atoms with Crippen LogP contribution in [0.5, 0.6) is 0 Å². The van der Waals surface area contributed by atoms with E-state index in [4.69, 9.17) is 9.73 Å². The average molecular weight is 427 g/mol. The average Bonchev–Trinajstić information content (AvgIpc) is 3.13. The highest BCUT2D eigenvalue weighted by molar-refractivity contribution is 5.97. The Bertz CT molecular complexity index is 1210. The molecule has 1 aromatic heterocycles. The lowest BCUT2D eigenvalue weighted by Gasteiger charge is -2.12. The maximum absolute atomic E-state index is 12.2. The number of benzene rings is 3. The lowest BCUT2D eigenvalue weighted by atomic mass is 10.1. The van der Waals surface area contributed by atoms with E-state index in [-0.39, 0.29) is 25.0 Å². The van der Waals surface area contributed by atoms with Crippen molar-refractivity contribution in [3.63, 3.8) is 0 Å². The molecule has 0 saturated heterocycles. The highest BCUT2D eigenvalue weighted by Crippen LogP contribution is 2.28. The lowest BCUT2D eigenvalue weighted by molar-refractivity contribution is -0.139. The van der Waals surface area contributed by atoms with Crippen LogP contribution in [0.3, 0.4) is 0 Å². The first kappa shape index (κ1) is 21.5. The summed E-state index contributed by atoms with van der Waals surface area (Å²) in [6, 6.07) is 27.5. The molecule has 0 saturated carbocycles. The van der Waals surface area contributed by atoms with Gasteiger partial charge in [-0.05, 0) is 22.8 Å². The molecule has 0 fully saturated rings. The van der Waals surface area contributed by atoms with Crippen molar-refractivity contribution < 1.29 is 14.6 Å². The number of hydrogen-bond donors (Lipinski definition) is 1. The number of ether oxygens (including phenoxy) is 1. The number of carbonyl (C=O) groups excluding carboxylic acids is 1. The zero-order valence-corrected chi connectivity index (χ0v) is 18.0. The van der Waals surface area contributed by atoms with Crippen LogP contribution in [-0.4, -0.2) is 35.6 Å². The van der Waals surface area contributed by atoms with E-state index in [1.54, 1.807) is 6.21 Å². The van der Waals surface area contributed by atoms with Gasteiger partial charge in [-0.15, -0.1) is 0 Å². The third-order valence-corrected chi connectivity index (χ3v) is 5.59. The fourth-order valence-corrected chi connectivity index (χ4v) is 3.96. The van der Waals surface area contributed by atoms with Gasteiger partial charge in [0.05, 0.1) is 31.9 Å². The number of hydrogen-bond acceptors (Lipinski definition) is 4. The van der Waals surface area contributed by atoms with E-state index in [0.717, 1.165) is 33.3 Å². The van der Waals surface area contributed by atoms with E-state index < -0.39 is 0 Å². The predicted octanol–water partition coefficient (Wildman–Crippen LogP) is 4.56. The molecule has 0 unspecified atom stereocenters. The van der Waals surface area contributed by atoms with Crippen LogP contribution in [0.2, 0.25) is 0 Å². The predicted molar refractivity (Wildman–Crippen MR) is 127 cm³/mol. The molecule has 1 heterocycles. The lowest BCUT2D eigenvalue weighted by Crippen LogP contribution is -2.10. The fourth-order valence-electron chi connectivity index (χ4n) is 3.96. The molecule has 1 atom stereocenters. The van der Waals surface area contributed by atoms with E-state index in [9.17, 15) is 9.90 Å².